The molecule has 0 radical (unpaired) electrons. The topological polar surface area (TPSA) is 61.8 Å². The second kappa shape index (κ2) is 11.0. The second-order valence-corrected chi connectivity index (χ2v) is 6.63. The minimum Gasteiger partial charge on any atom is -0.493 e. The summed E-state index contributed by atoms with van der Waals surface area (Å²) in [5, 5.41) is 6.84. The first kappa shape index (κ1) is 21.3. The van der Waals surface area contributed by atoms with Crippen molar-refractivity contribution in [2.45, 2.75) is 25.3 Å². The summed E-state index contributed by atoms with van der Waals surface area (Å²) in [7, 11) is 8.29. The van der Waals surface area contributed by atoms with Crippen LogP contribution < -0.4 is 14.2 Å². The van der Waals surface area contributed by atoms with Gasteiger partial charge in [0.2, 0.25) is 5.75 Å². The van der Waals surface area contributed by atoms with Gasteiger partial charge in [-0.2, -0.15) is 5.10 Å². The van der Waals surface area contributed by atoms with Gasteiger partial charge in [0.15, 0.2) is 11.5 Å². The molecule has 27 heavy (non-hydrogen) atoms. The Hall–Kier alpha value is -1.99. The predicted octanol–water partition coefficient (Wildman–Crippen LogP) is 2.61. The number of hydrazone groups is 1. The van der Waals surface area contributed by atoms with Gasteiger partial charge in [0.05, 0.1) is 40.6 Å². The Kier molecular flexibility index (Phi) is 8.67. The van der Waals surface area contributed by atoms with Gasteiger partial charge in [0.1, 0.15) is 0 Å². The first-order valence-corrected chi connectivity index (χ1v) is 9.24. The minimum atomic E-state index is 0.140. The van der Waals surface area contributed by atoms with E-state index in [0.29, 0.717) is 36.5 Å². The number of hydrogen-bond donors (Lipinski definition) is 0. The van der Waals surface area contributed by atoms with Crippen LogP contribution in [0.3, 0.4) is 0 Å². The van der Waals surface area contributed by atoms with Crippen LogP contribution in [0.5, 0.6) is 17.2 Å². The van der Waals surface area contributed by atoms with Gasteiger partial charge in [0, 0.05) is 32.9 Å². The van der Waals surface area contributed by atoms with Crippen molar-refractivity contribution in [1.29, 1.82) is 0 Å². The lowest BCUT2D eigenvalue weighted by atomic mass is 10.0. The highest BCUT2D eigenvalue weighted by Gasteiger charge is 2.23. The summed E-state index contributed by atoms with van der Waals surface area (Å²) in [6, 6.07) is 4.30. The van der Waals surface area contributed by atoms with Crippen molar-refractivity contribution in [3.63, 3.8) is 0 Å². The highest BCUT2D eigenvalue weighted by Crippen LogP contribution is 2.38. The van der Waals surface area contributed by atoms with E-state index in [4.69, 9.17) is 28.8 Å². The van der Waals surface area contributed by atoms with Crippen molar-refractivity contribution in [3.8, 4) is 17.2 Å². The van der Waals surface area contributed by atoms with E-state index in [2.05, 4.69) is 5.01 Å². The first-order chi connectivity index (χ1) is 13.2. The van der Waals surface area contributed by atoms with Crippen molar-refractivity contribution in [2.24, 2.45) is 11.0 Å². The summed E-state index contributed by atoms with van der Waals surface area (Å²) >= 11 is 0. The van der Waals surface area contributed by atoms with Crippen molar-refractivity contribution in [3.05, 3.63) is 17.7 Å². The fraction of sp³-hybridized carbons (Fsp3) is 0.650. The fourth-order valence-corrected chi connectivity index (χ4v) is 3.44. The second-order valence-electron chi connectivity index (χ2n) is 6.63. The normalized spacial score (nSPS) is 18.1. The van der Waals surface area contributed by atoms with Gasteiger partial charge in [-0.05, 0) is 37.0 Å². The molecule has 1 aliphatic rings. The average Bonchev–Trinajstić information content (AvgIpc) is 3.12. The van der Waals surface area contributed by atoms with Crippen LogP contribution in [0.4, 0.5) is 0 Å². The largest absolute Gasteiger partial charge is 0.493 e. The molecule has 0 bridgehead atoms. The Morgan fingerprint density at radius 2 is 1.78 bits per heavy atom. The van der Waals surface area contributed by atoms with Crippen LogP contribution in [0.2, 0.25) is 0 Å². The lowest BCUT2D eigenvalue weighted by Gasteiger charge is -2.22. The Morgan fingerprint density at radius 1 is 1.07 bits per heavy atom. The predicted molar refractivity (Wildman–Crippen MR) is 105 cm³/mol. The molecule has 0 amide bonds. The van der Waals surface area contributed by atoms with Gasteiger partial charge in [0.25, 0.3) is 0 Å². The van der Waals surface area contributed by atoms with E-state index in [1.54, 1.807) is 35.5 Å². The molecule has 2 rings (SSSR count). The first-order valence-electron chi connectivity index (χ1n) is 9.24. The molecule has 1 fully saturated rings. The van der Waals surface area contributed by atoms with Crippen LogP contribution in [-0.2, 0) is 15.9 Å². The molecule has 1 unspecified atom stereocenters. The molecule has 152 valence electrons. The SMILES string of the molecule is COCC(/C=N/N1CCC[C@H]1COC)Cc1cc(OC)c(OC)c(OC)c1. The smallest absolute Gasteiger partial charge is 0.203 e. The molecule has 0 spiro atoms. The maximum atomic E-state index is 5.45. The van der Waals surface area contributed by atoms with E-state index in [-0.39, 0.29) is 5.92 Å². The van der Waals surface area contributed by atoms with E-state index >= 15 is 0 Å². The molecule has 0 saturated carbocycles. The molecule has 0 aliphatic carbocycles. The Balaban J connectivity index is 2.14. The van der Waals surface area contributed by atoms with E-state index in [0.717, 1.165) is 31.4 Å². The van der Waals surface area contributed by atoms with Crippen molar-refractivity contribution >= 4 is 6.21 Å². The van der Waals surface area contributed by atoms with E-state index < -0.39 is 0 Å². The molecule has 1 saturated heterocycles. The Labute approximate surface area is 162 Å². The maximum absolute atomic E-state index is 5.45. The molecule has 0 N–H and O–H groups in total. The number of ether oxygens (including phenoxy) is 5. The summed E-state index contributed by atoms with van der Waals surface area (Å²) in [4.78, 5) is 0. The Bertz CT molecular complexity index is 583. The maximum Gasteiger partial charge on any atom is 0.203 e. The number of benzene rings is 1. The van der Waals surface area contributed by atoms with Crippen molar-refractivity contribution < 1.29 is 23.7 Å². The van der Waals surface area contributed by atoms with Gasteiger partial charge in [-0.15, -0.1) is 0 Å². The van der Waals surface area contributed by atoms with Crippen molar-refractivity contribution in [2.75, 3.05) is 55.3 Å². The summed E-state index contributed by atoms with van der Waals surface area (Å²) < 4.78 is 27.0. The molecule has 1 aromatic carbocycles. The molecular formula is C20H32N2O5. The fourth-order valence-electron chi connectivity index (χ4n) is 3.44. The number of nitrogens with zero attached hydrogens (tertiary/aromatic N) is 2. The highest BCUT2D eigenvalue weighted by molar-refractivity contribution is 5.62. The van der Waals surface area contributed by atoms with E-state index in [1.165, 1.54) is 0 Å². The zero-order valence-corrected chi connectivity index (χ0v) is 17.1. The zero-order chi connectivity index (χ0) is 19.6. The quantitative estimate of drug-likeness (QED) is 0.550. The standard InChI is InChI=1S/C20H32N2O5/c1-23-13-16(12-21-22-8-6-7-17(22)14-24-2)9-15-10-18(25-3)20(27-5)19(11-15)26-4/h10-12,16-17H,6-9,13-14H2,1-5H3/b21-12+/t16?,17-/m0/s1. The van der Waals surface area contributed by atoms with E-state index in [1.807, 2.05) is 18.3 Å². The zero-order valence-electron chi connectivity index (χ0n) is 17.1. The Morgan fingerprint density at radius 3 is 2.33 bits per heavy atom. The number of methoxy groups -OCH3 is 5. The van der Waals surface area contributed by atoms with Crippen molar-refractivity contribution in [1.82, 2.24) is 5.01 Å². The molecule has 7 heteroatoms. The monoisotopic (exact) mass is 380 g/mol. The third-order valence-corrected chi connectivity index (χ3v) is 4.73. The van der Waals surface area contributed by atoms with E-state index in [9.17, 15) is 0 Å². The summed E-state index contributed by atoms with van der Waals surface area (Å²) in [6.07, 6.45) is 5.01. The molecule has 1 aromatic rings. The molecule has 1 heterocycles. The summed E-state index contributed by atoms with van der Waals surface area (Å²) in [6.45, 7) is 2.26. The number of hydrogen-bond acceptors (Lipinski definition) is 7. The minimum absolute atomic E-state index is 0.140. The van der Waals surface area contributed by atoms with Crippen LogP contribution >= 0.6 is 0 Å². The highest BCUT2D eigenvalue weighted by atomic mass is 16.5. The molecule has 1 aliphatic heterocycles. The van der Waals surface area contributed by atoms with Gasteiger partial charge in [-0.25, -0.2) is 0 Å². The van der Waals surface area contributed by atoms with Crippen LogP contribution in [0, 0.1) is 5.92 Å². The van der Waals surface area contributed by atoms with Gasteiger partial charge < -0.3 is 23.7 Å². The number of rotatable bonds is 11. The van der Waals surface area contributed by atoms with Gasteiger partial charge in [-0.1, -0.05) is 0 Å². The molecule has 0 aromatic heterocycles. The third-order valence-electron chi connectivity index (χ3n) is 4.73. The van der Waals surface area contributed by atoms with Crippen LogP contribution in [0.1, 0.15) is 18.4 Å². The van der Waals surface area contributed by atoms with Crippen LogP contribution in [0.25, 0.3) is 0 Å². The third kappa shape index (κ3) is 5.74. The van der Waals surface area contributed by atoms with Crippen LogP contribution in [0.15, 0.2) is 17.2 Å². The van der Waals surface area contributed by atoms with Gasteiger partial charge >= 0.3 is 0 Å². The molecular weight excluding hydrogens is 348 g/mol. The van der Waals surface area contributed by atoms with Crippen LogP contribution in [-0.4, -0.2) is 72.6 Å². The molecule has 7 nitrogen and oxygen atoms in total. The lowest BCUT2D eigenvalue weighted by molar-refractivity contribution is 0.117. The van der Waals surface area contributed by atoms with Gasteiger partial charge in [-0.3, -0.25) is 5.01 Å². The lowest BCUT2D eigenvalue weighted by Crippen LogP contribution is -2.29. The summed E-state index contributed by atoms with van der Waals surface area (Å²) in [5.41, 5.74) is 1.08. The summed E-state index contributed by atoms with van der Waals surface area (Å²) in [5.74, 6) is 2.04. The molecule has 2 atom stereocenters. The average molecular weight is 380 g/mol.